The molecule has 0 saturated carbocycles. The zero-order valence-electron chi connectivity index (χ0n) is 8.10. The molecule has 0 fully saturated rings. The normalized spacial score (nSPS) is 8.82. The Morgan fingerprint density at radius 1 is 1.00 bits per heavy atom. The van der Waals surface area contributed by atoms with Crippen molar-refractivity contribution >= 4 is 17.7 Å². The molecule has 0 unspecified atom stereocenters. The number of hydrogen-bond acceptors (Lipinski definition) is 2. The molecule has 3 heteroatoms. The van der Waals surface area contributed by atoms with Crippen LogP contribution in [0.3, 0.4) is 0 Å². The molecule has 0 heterocycles. The van der Waals surface area contributed by atoms with Crippen LogP contribution in [0.2, 0.25) is 5.09 Å². The monoisotopic (exact) mass is 152 g/mol. The Hall–Kier alpha value is 0.517. The predicted molar refractivity (Wildman–Crippen MR) is 52.8 cm³/mol. The first-order chi connectivity index (χ1) is 5.33. The summed E-state index contributed by atoms with van der Waals surface area (Å²) in [5.41, 5.74) is 10.3. The molecule has 0 saturated heterocycles. The Balaban J connectivity index is 0. The molecule has 0 aliphatic heterocycles. The molecule has 64 valence electrons. The summed E-state index contributed by atoms with van der Waals surface area (Å²) >= 11 is 2.21. The molecule has 0 spiro atoms. The molecule has 0 radical (unpaired) electrons. The second-order valence-corrected chi connectivity index (χ2v) is 2.64. The standard InChI is InChI=1S/C4H12N2.C4H9.Li/c5-3-1-2-4-6;1-3-4-2;/h1-6H2;1,3-4H2,2H3;. The van der Waals surface area contributed by atoms with Gasteiger partial charge in [0.05, 0.1) is 0 Å². The van der Waals surface area contributed by atoms with Crippen molar-refractivity contribution < 1.29 is 0 Å². The van der Waals surface area contributed by atoms with Gasteiger partial charge in [-0.05, 0) is 25.9 Å². The third-order valence-electron chi connectivity index (χ3n) is 1.37. The SMILES string of the molecule is NCCCCN.[Li][CH2]CCC. The molecule has 0 bridgehead atoms. The number of rotatable bonds is 5. The van der Waals surface area contributed by atoms with E-state index in [9.17, 15) is 0 Å². The van der Waals surface area contributed by atoms with Crippen molar-refractivity contribution in [2.75, 3.05) is 13.1 Å². The third kappa shape index (κ3) is 25.1. The van der Waals surface area contributed by atoms with Crippen molar-refractivity contribution in [2.24, 2.45) is 11.5 Å². The van der Waals surface area contributed by atoms with Crippen LogP contribution in [0.4, 0.5) is 0 Å². The predicted octanol–water partition coefficient (Wildman–Crippen LogP) is 1.06. The quantitative estimate of drug-likeness (QED) is 0.457. The zero-order valence-corrected chi connectivity index (χ0v) is 8.10. The summed E-state index contributed by atoms with van der Waals surface area (Å²) in [5, 5.41) is 1.34. The fraction of sp³-hybridized carbons (Fsp3) is 1.00. The maximum absolute atomic E-state index is 5.16. The Morgan fingerprint density at radius 3 is 1.55 bits per heavy atom. The second-order valence-electron chi connectivity index (χ2n) is 2.64. The van der Waals surface area contributed by atoms with Crippen molar-refractivity contribution in [3.63, 3.8) is 0 Å². The summed E-state index contributed by atoms with van der Waals surface area (Å²) in [4.78, 5) is 0. The maximum atomic E-state index is 5.16. The topological polar surface area (TPSA) is 52.0 Å². The number of nitrogens with two attached hydrogens (primary N) is 2. The first-order valence-electron chi connectivity index (χ1n) is 4.73. The summed E-state index contributed by atoms with van der Waals surface area (Å²) < 4.78 is 0. The van der Waals surface area contributed by atoms with Gasteiger partial charge in [-0.3, -0.25) is 0 Å². The Morgan fingerprint density at radius 2 is 1.45 bits per heavy atom. The van der Waals surface area contributed by atoms with Gasteiger partial charge in [-0.2, -0.15) is 0 Å². The third-order valence-corrected chi connectivity index (χ3v) is 1.37. The van der Waals surface area contributed by atoms with E-state index in [1.807, 2.05) is 0 Å². The van der Waals surface area contributed by atoms with Gasteiger partial charge in [0, 0.05) is 0 Å². The first-order valence-corrected chi connectivity index (χ1v) is 4.73. The molecule has 0 aromatic rings. The van der Waals surface area contributed by atoms with Crippen LogP contribution in [0.1, 0.15) is 32.6 Å². The van der Waals surface area contributed by atoms with E-state index < -0.39 is 0 Å². The van der Waals surface area contributed by atoms with E-state index in [1.165, 1.54) is 17.9 Å². The van der Waals surface area contributed by atoms with Crippen LogP contribution in [-0.2, 0) is 0 Å². The van der Waals surface area contributed by atoms with E-state index in [0.717, 1.165) is 25.9 Å². The van der Waals surface area contributed by atoms with Gasteiger partial charge in [0.2, 0.25) is 0 Å². The van der Waals surface area contributed by atoms with Crippen LogP contribution in [-0.4, -0.2) is 30.8 Å². The van der Waals surface area contributed by atoms with Crippen LogP contribution < -0.4 is 11.5 Å². The van der Waals surface area contributed by atoms with Crippen LogP contribution in [0.5, 0.6) is 0 Å². The summed E-state index contributed by atoms with van der Waals surface area (Å²) in [7, 11) is 0. The van der Waals surface area contributed by atoms with Crippen molar-refractivity contribution in [2.45, 2.75) is 37.7 Å². The average Bonchev–Trinajstić information content (AvgIpc) is 2.04. The van der Waals surface area contributed by atoms with E-state index in [2.05, 4.69) is 24.6 Å². The molecular weight excluding hydrogens is 131 g/mol. The van der Waals surface area contributed by atoms with Crippen LogP contribution in [0, 0.1) is 0 Å². The molecular formula is C8H21LiN2. The Bertz CT molecular complexity index is 45.4. The second kappa shape index (κ2) is 16.9. The van der Waals surface area contributed by atoms with Crippen LogP contribution >= 0.6 is 0 Å². The van der Waals surface area contributed by atoms with E-state index in [1.54, 1.807) is 0 Å². The Labute approximate surface area is 80.3 Å². The Kier molecular flexibility index (Phi) is 21.6. The molecule has 0 rings (SSSR count). The van der Waals surface area contributed by atoms with Gasteiger partial charge in [-0.1, -0.05) is 0 Å². The first kappa shape index (κ1) is 14.1. The van der Waals surface area contributed by atoms with Gasteiger partial charge in [-0.25, -0.2) is 0 Å². The summed E-state index contributed by atoms with van der Waals surface area (Å²) in [6.45, 7) is 3.76. The number of hydrogen-bond donors (Lipinski definition) is 2. The molecule has 0 aromatic carbocycles. The van der Waals surface area contributed by atoms with Crippen LogP contribution in [0.15, 0.2) is 0 Å². The summed E-state index contributed by atoms with van der Waals surface area (Å²) in [6, 6.07) is 0. The average molecular weight is 152 g/mol. The molecule has 0 aromatic heterocycles. The van der Waals surface area contributed by atoms with Crippen molar-refractivity contribution in [3.8, 4) is 0 Å². The van der Waals surface area contributed by atoms with E-state index in [0.29, 0.717) is 0 Å². The molecule has 4 N–H and O–H groups in total. The zero-order chi connectivity index (χ0) is 8.95. The fourth-order valence-electron chi connectivity index (χ4n) is 0.642. The van der Waals surface area contributed by atoms with Gasteiger partial charge in [0.1, 0.15) is 0 Å². The fourth-order valence-corrected chi connectivity index (χ4v) is 0.642. The minimum absolute atomic E-state index is 0.775. The van der Waals surface area contributed by atoms with Crippen LogP contribution in [0.25, 0.3) is 0 Å². The van der Waals surface area contributed by atoms with E-state index >= 15 is 0 Å². The molecule has 0 amide bonds. The van der Waals surface area contributed by atoms with Crippen molar-refractivity contribution in [1.82, 2.24) is 0 Å². The van der Waals surface area contributed by atoms with Gasteiger partial charge in [-0.15, -0.1) is 0 Å². The molecule has 0 aliphatic rings. The minimum atomic E-state index is 0.775. The van der Waals surface area contributed by atoms with Gasteiger partial charge >= 0.3 is 42.6 Å². The van der Waals surface area contributed by atoms with E-state index in [-0.39, 0.29) is 0 Å². The van der Waals surface area contributed by atoms with E-state index in [4.69, 9.17) is 11.5 Å². The number of unbranched alkanes of at least 4 members (excludes halogenated alkanes) is 2. The van der Waals surface area contributed by atoms with Crippen molar-refractivity contribution in [1.29, 1.82) is 0 Å². The molecule has 11 heavy (non-hydrogen) atoms. The molecule has 2 nitrogen and oxygen atoms in total. The van der Waals surface area contributed by atoms with Gasteiger partial charge in [0.15, 0.2) is 0 Å². The molecule has 0 aliphatic carbocycles. The molecule has 0 atom stereocenters. The summed E-state index contributed by atoms with van der Waals surface area (Å²) in [5.74, 6) is 0. The van der Waals surface area contributed by atoms with Gasteiger partial charge in [0.25, 0.3) is 0 Å². The summed E-state index contributed by atoms with van der Waals surface area (Å²) in [6.07, 6.45) is 4.86. The van der Waals surface area contributed by atoms with Crippen molar-refractivity contribution in [3.05, 3.63) is 0 Å². The van der Waals surface area contributed by atoms with Gasteiger partial charge < -0.3 is 11.5 Å².